The maximum Gasteiger partial charge on any atom is 0.236 e. The van der Waals surface area contributed by atoms with E-state index in [1.165, 1.54) is 6.21 Å². The van der Waals surface area contributed by atoms with Gasteiger partial charge in [0.25, 0.3) is 0 Å². The van der Waals surface area contributed by atoms with E-state index < -0.39 is 0 Å². The van der Waals surface area contributed by atoms with E-state index in [9.17, 15) is 4.79 Å². The fourth-order valence-electron chi connectivity index (χ4n) is 1.88. The first-order valence-electron chi connectivity index (χ1n) is 5.30. The van der Waals surface area contributed by atoms with Gasteiger partial charge in [-0.25, -0.2) is 5.84 Å². The van der Waals surface area contributed by atoms with E-state index in [0.717, 1.165) is 25.7 Å². The molecule has 6 heteroatoms. The number of nitrogens with two attached hydrogens (primary N) is 1. The predicted octanol–water partition coefficient (Wildman–Crippen LogP) is 1.01. The molecule has 1 fully saturated rings. The normalized spacial score (nSPS) is 26.0. The van der Waals surface area contributed by atoms with Crippen LogP contribution in [0.2, 0.25) is 0 Å². The lowest BCUT2D eigenvalue weighted by atomic mass is 9.85. The van der Waals surface area contributed by atoms with Crippen molar-refractivity contribution in [2.75, 3.05) is 0 Å². The van der Waals surface area contributed by atoms with Crippen molar-refractivity contribution in [1.29, 1.82) is 5.41 Å². The minimum Gasteiger partial charge on any atom is -0.387 e. The Morgan fingerprint density at radius 1 is 1.38 bits per heavy atom. The van der Waals surface area contributed by atoms with Crippen LogP contribution >= 0.6 is 15.9 Å². The highest BCUT2D eigenvalue weighted by Crippen LogP contribution is 2.24. The molecule has 0 saturated heterocycles. The molecule has 0 radical (unpaired) electrons. The molecule has 1 aliphatic carbocycles. The van der Waals surface area contributed by atoms with Crippen molar-refractivity contribution in [2.24, 2.45) is 11.8 Å². The number of amides is 1. The van der Waals surface area contributed by atoms with Gasteiger partial charge in [0.2, 0.25) is 5.91 Å². The zero-order valence-electron chi connectivity index (χ0n) is 9.00. The summed E-state index contributed by atoms with van der Waals surface area (Å²) in [5.41, 5.74) is 2.20. The molecule has 0 bridgehead atoms. The van der Waals surface area contributed by atoms with Crippen molar-refractivity contribution >= 4 is 28.1 Å². The fourth-order valence-corrected chi connectivity index (χ4v) is 2.01. The lowest BCUT2D eigenvalue weighted by molar-refractivity contribution is -0.126. The third-order valence-electron chi connectivity index (χ3n) is 2.84. The summed E-state index contributed by atoms with van der Waals surface area (Å²) >= 11 is 3.22. The predicted molar refractivity (Wildman–Crippen MR) is 67.0 cm³/mol. The van der Waals surface area contributed by atoms with Gasteiger partial charge in [-0.2, -0.15) is 0 Å². The van der Waals surface area contributed by atoms with Crippen molar-refractivity contribution in [2.45, 2.75) is 31.7 Å². The second kappa shape index (κ2) is 6.65. The van der Waals surface area contributed by atoms with Gasteiger partial charge in [-0.15, -0.1) is 0 Å². The Morgan fingerprint density at radius 2 is 2.00 bits per heavy atom. The van der Waals surface area contributed by atoms with E-state index in [-0.39, 0.29) is 11.8 Å². The number of hydrogen-bond donors (Lipinski definition) is 4. The Balaban J connectivity index is 2.32. The molecular formula is C10H17BrN4O. The smallest absolute Gasteiger partial charge is 0.236 e. The van der Waals surface area contributed by atoms with Crippen LogP contribution in [-0.4, -0.2) is 18.2 Å². The van der Waals surface area contributed by atoms with Crippen LogP contribution in [0.5, 0.6) is 0 Å². The quantitative estimate of drug-likeness (QED) is 0.269. The van der Waals surface area contributed by atoms with Gasteiger partial charge in [-0.3, -0.25) is 10.2 Å². The van der Waals surface area contributed by atoms with E-state index >= 15 is 0 Å². The number of rotatable bonds is 4. The monoisotopic (exact) mass is 288 g/mol. The highest BCUT2D eigenvalue weighted by Gasteiger charge is 2.25. The largest absolute Gasteiger partial charge is 0.387 e. The number of nitrogens with one attached hydrogen (secondary N) is 3. The van der Waals surface area contributed by atoms with Crippen LogP contribution in [-0.2, 0) is 4.79 Å². The number of carbonyl (C=O) groups is 1. The van der Waals surface area contributed by atoms with Gasteiger partial charge < -0.3 is 10.7 Å². The summed E-state index contributed by atoms with van der Waals surface area (Å²) in [5.74, 6) is 5.09. The van der Waals surface area contributed by atoms with Gasteiger partial charge in [0.05, 0.1) is 4.48 Å². The van der Waals surface area contributed by atoms with Crippen LogP contribution < -0.4 is 16.6 Å². The van der Waals surface area contributed by atoms with Crippen LogP contribution in [0.4, 0.5) is 0 Å². The van der Waals surface area contributed by atoms with Gasteiger partial charge in [-0.1, -0.05) is 0 Å². The number of halogens is 1. The molecular weight excluding hydrogens is 272 g/mol. The SMILES string of the molecule is N=C/C(Br)=C\N[C@H]1CC[C@H](C(=O)NN)CC1. The summed E-state index contributed by atoms with van der Waals surface area (Å²) in [4.78, 5) is 11.3. The first kappa shape index (κ1) is 13.2. The maximum absolute atomic E-state index is 11.3. The van der Waals surface area contributed by atoms with Crippen molar-refractivity contribution in [3.8, 4) is 0 Å². The van der Waals surface area contributed by atoms with E-state index in [1.807, 2.05) is 0 Å². The average molecular weight is 289 g/mol. The summed E-state index contributed by atoms with van der Waals surface area (Å²) < 4.78 is 0.717. The molecule has 0 atom stereocenters. The van der Waals surface area contributed by atoms with E-state index in [0.29, 0.717) is 10.5 Å². The maximum atomic E-state index is 11.3. The molecule has 0 aromatic rings. The molecule has 0 heterocycles. The molecule has 5 N–H and O–H groups in total. The molecule has 1 rings (SSSR count). The third kappa shape index (κ3) is 3.94. The molecule has 5 nitrogen and oxygen atoms in total. The van der Waals surface area contributed by atoms with E-state index in [1.54, 1.807) is 6.20 Å². The summed E-state index contributed by atoms with van der Waals surface area (Å²) in [7, 11) is 0. The van der Waals surface area contributed by atoms with Gasteiger partial charge in [0.1, 0.15) is 0 Å². The number of allylic oxidation sites excluding steroid dienone is 1. The second-order valence-corrected chi connectivity index (χ2v) is 4.81. The minimum absolute atomic E-state index is 0.0539. The summed E-state index contributed by atoms with van der Waals surface area (Å²) in [6, 6.07) is 0.384. The van der Waals surface area contributed by atoms with Gasteiger partial charge in [-0.05, 0) is 41.6 Å². The highest BCUT2D eigenvalue weighted by atomic mass is 79.9. The molecule has 0 aromatic carbocycles. The molecule has 0 unspecified atom stereocenters. The molecule has 0 spiro atoms. The van der Waals surface area contributed by atoms with Crippen LogP contribution in [0.25, 0.3) is 0 Å². The standard InChI is InChI=1S/C10H17BrN4O/c11-8(5-12)6-14-9-3-1-7(2-4-9)10(16)15-13/h5-7,9,12,14H,1-4,13H2,(H,15,16)/b8-6+,12-5?/t7-,9-. The number of hydrogen-bond acceptors (Lipinski definition) is 4. The molecule has 1 aliphatic rings. The summed E-state index contributed by atoms with van der Waals surface area (Å²) in [6.07, 6.45) is 6.63. The average Bonchev–Trinajstić information content (AvgIpc) is 2.35. The van der Waals surface area contributed by atoms with Crippen LogP contribution in [0.15, 0.2) is 10.7 Å². The molecule has 0 aliphatic heterocycles. The molecule has 16 heavy (non-hydrogen) atoms. The fraction of sp³-hybridized carbons (Fsp3) is 0.600. The Bertz CT molecular complexity index is 285. The first-order valence-corrected chi connectivity index (χ1v) is 6.09. The second-order valence-electron chi connectivity index (χ2n) is 3.90. The van der Waals surface area contributed by atoms with Crippen molar-refractivity contribution in [1.82, 2.24) is 10.7 Å². The van der Waals surface area contributed by atoms with Crippen molar-refractivity contribution < 1.29 is 4.79 Å². The Morgan fingerprint density at radius 3 is 2.50 bits per heavy atom. The lowest BCUT2D eigenvalue weighted by Gasteiger charge is -2.27. The van der Waals surface area contributed by atoms with Gasteiger partial charge >= 0.3 is 0 Å². The highest BCUT2D eigenvalue weighted by molar-refractivity contribution is 9.12. The molecule has 1 amide bonds. The number of hydrazine groups is 1. The Kier molecular flexibility index (Phi) is 5.48. The van der Waals surface area contributed by atoms with Gasteiger partial charge in [0.15, 0.2) is 0 Å². The molecule has 90 valence electrons. The van der Waals surface area contributed by atoms with Crippen LogP contribution in [0.3, 0.4) is 0 Å². The molecule has 1 saturated carbocycles. The van der Waals surface area contributed by atoms with Crippen molar-refractivity contribution in [3.63, 3.8) is 0 Å². The zero-order valence-corrected chi connectivity index (χ0v) is 10.6. The van der Waals surface area contributed by atoms with Gasteiger partial charge in [0, 0.05) is 24.4 Å². The summed E-state index contributed by atoms with van der Waals surface area (Å²) in [6.45, 7) is 0. The van der Waals surface area contributed by atoms with E-state index in [2.05, 4.69) is 26.7 Å². The minimum atomic E-state index is -0.0605. The zero-order chi connectivity index (χ0) is 12.0. The van der Waals surface area contributed by atoms with Crippen molar-refractivity contribution in [3.05, 3.63) is 10.7 Å². The lowest BCUT2D eigenvalue weighted by Crippen LogP contribution is -2.40. The topological polar surface area (TPSA) is 91.0 Å². The Labute approximate surface area is 103 Å². The first-order chi connectivity index (χ1) is 7.67. The number of carbonyl (C=O) groups excluding carboxylic acids is 1. The molecule has 0 aromatic heterocycles. The van der Waals surface area contributed by atoms with E-state index in [4.69, 9.17) is 11.3 Å². The third-order valence-corrected chi connectivity index (χ3v) is 3.29. The van der Waals surface area contributed by atoms with Crippen LogP contribution in [0, 0.1) is 11.3 Å². The Hall–Kier alpha value is -0.880. The summed E-state index contributed by atoms with van der Waals surface area (Å²) in [5, 5.41) is 10.2. The van der Waals surface area contributed by atoms with Crippen LogP contribution in [0.1, 0.15) is 25.7 Å².